The summed E-state index contributed by atoms with van der Waals surface area (Å²) < 4.78 is 12.7. The molecule has 2 aromatic rings. The molecule has 0 radical (unpaired) electrons. The van der Waals surface area contributed by atoms with Crippen molar-refractivity contribution in [2.24, 2.45) is 0 Å². The van der Waals surface area contributed by atoms with E-state index in [4.69, 9.17) is 0 Å². The molecule has 1 aliphatic heterocycles. The van der Waals surface area contributed by atoms with Crippen molar-refractivity contribution >= 4 is 0 Å². The summed E-state index contributed by atoms with van der Waals surface area (Å²) in [6.45, 7) is 1.78. The maximum atomic E-state index is 12.7. The largest absolute Gasteiger partial charge is 0.391 e. The van der Waals surface area contributed by atoms with Crippen LogP contribution in [0.1, 0.15) is 41.0 Å². The molecule has 2 nitrogen and oxygen atoms in total. The molecule has 26 heavy (non-hydrogen) atoms. The summed E-state index contributed by atoms with van der Waals surface area (Å²) >= 11 is 0. The number of alkyl halides is 1. The monoisotopic (exact) mass is 352 g/mol. The summed E-state index contributed by atoms with van der Waals surface area (Å²) in [5, 5.41) is 10.7. The van der Waals surface area contributed by atoms with Gasteiger partial charge in [-0.2, -0.15) is 0 Å². The number of aliphatic hydroxyl groups excluding tert-OH is 1. The number of hydrogen-bond acceptors (Lipinski definition) is 2. The molecule has 1 fully saturated rings. The normalized spacial score (nSPS) is 24.4. The molecule has 0 saturated carbocycles. The van der Waals surface area contributed by atoms with Crippen LogP contribution in [0.5, 0.6) is 0 Å². The van der Waals surface area contributed by atoms with Gasteiger partial charge in [0, 0.05) is 18.9 Å². The summed E-state index contributed by atoms with van der Waals surface area (Å²) in [6, 6.07) is 17.2. The molecule has 0 spiro atoms. The number of aliphatic hydroxyl groups is 1. The number of aryl methyl sites for hydroxylation is 1. The predicted molar refractivity (Wildman–Crippen MR) is 103 cm³/mol. The van der Waals surface area contributed by atoms with Gasteiger partial charge in [-0.15, -0.1) is 0 Å². The van der Waals surface area contributed by atoms with Gasteiger partial charge in [0.1, 0.15) is 0 Å². The van der Waals surface area contributed by atoms with Crippen molar-refractivity contribution in [3.8, 4) is 0 Å². The molecule has 2 aromatic carbocycles. The lowest BCUT2D eigenvalue weighted by atomic mass is 9.82. The van der Waals surface area contributed by atoms with Gasteiger partial charge < -0.3 is 5.11 Å². The SMILES string of the molecule is O[C@@H]1Cc2ccc(CC[18F])cc2C[C@H]1N1CCC(c2ccccc2)CC1. The highest BCUT2D eigenvalue weighted by molar-refractivity contribution is 5.36. The molecule has 2 atom stereocenters. The first-order valence-corrected chi connectivity index (χ1v) is 9.88. The number of piperidine rings is 1. The van der Waals surface area contributed by atoms with Crippen LogP contribution in [0.15, 0.2) is 48.5 Å². The molecule has 4 rings (SSSR count). The van der Waals surface area contributed by atoms with Crippen LogP contribution < -0.4 is 0 Å². The minimum atomic E-state index is -0.308. The van der Waals surface area contributed by atoms with Gasteiger partial charge >= 0.3 is 0 Å². The fraction of sp³-hybridized carbons (Fsp3) is 0.478. The molecule has 0 amide bonds. The quantitative estimate of drug-likeness (QED) is 0.902. The van der Waals surface area contributed by atoms with Crippen LogP contribution >= 0.6 is 0 Å². The summed E-state index contributed by atoms with van der Waals surface area (Å²) in [5.41, 5.74) is 5.05. The number of fused-ring (bicyclic) bond motifs is 1. The van der Waals surface area contributed by atoms with Gasteiger partial charge in [-0.1, -0.05) is 48.5 Å². The zero-order chi connectivity index (χ0) is 17.9. The van der Waals surface area contributed by atoms with Gasteiger partial charge in [0.05, 0.1) is 12.8 Å². The smallest absolute Gasteiger partial charge is 0.0934 e. The van der Waals surface area contributed by atoms with Crippen molar-refractivity contribution in [2.45, 2.75) is 50.2 Å². The van der Waals surface area contributed by atoms with E-state index in [1.54, 1.807) is 0 Å². The van der Waals surface area contributed by atoms with Crippen LogP contribution in [0.2, 0.25) is 0 Å². The van der Waals surface area contributed by atoms with Gasteiger partial charge in [-0.3, -0.25) is 9.29 Å². The minimum absolute atomic E-state index is 0.194. The maximum Gasteiger partial charge on any atom is 0.0934 e. The second-order valence-corrected chi connectivity index (χ2v) is 7.81. The van der Waals surface area contributed by atoms with Crippen molar-refractivity contribution in [3.05, 3.63) is 70.8 Å². The van der Waals surface area contributed by atoms with Gasteiger partial charge in [-0.05, 0) is 60.5 Å². The van der Waals surface area contributed by atoms with E-state index in [-0.39, 0.29) is 18.8 Å². The van der Waals surface area contributed by atoms with Gasteiger partial charge in [0.2, 0.25) is 0 Å². The van der Waals surface area contributed by atoms with E-state index in [1.807, 2.05) is 6.07 Å². The van der Waals surface area contributed by atoms with Crippen LogP contribution in [0.3, 0.4) is 0 Å². The van der Waals surface area contributed by atoms with Gasteiger partial charge in [0.25, 0.3) is 0 Å². The zero-order valence-corrected chi connectivity index (χ0v) is 15.3. The Hall–Kier alpha value is -1.71. The Morgan fingerprint density at radius 3 is 2.46 bits per heavy atom. The number of likely N-dealkylation sites (tertiary alicyclic amines) is 1. The molecule has 0 unspecified atom stereocenters. The second-order valence-electron chi connectivity index (χ2n) is 7.81. The first-order valence-electron chi connectivity index (χ1n) is 9.88. The van der Waals surface area contributed by atoms with Crippen molar-refractivity contribution in [1.82, 2.24) is 4.90 Å². The standard InChI is InChI=1S/C23H28FNO/c24-11-8-17-6-7-20-16-23(26)22(15-21(20)14-17)25-12-9-19(10-13-25)18-4-2-1-3-5-18/h1-7,14,19,22-23,26H,8-13,15-16H2/t22-,23-/m1/s1/i24-1. The number of halogens is 1. The fourth-order valence-corrected chi connectivity index (χ4v) is 4.72. The molecule has 1 saturated heterocycles. The summed E-state index contributed by atoms with van der Waals surface area (Å²) in [4.78, 5) is 2.48. The minimum Gasteiger partial charge on any atom is -0.391 e. The van der Waals surface area contributed by atoms with Crippen LogP contribution in [-0.2, 0) is 19.3 Å². The first kappa shape index (κ1) is 17.7. The Kier molecular flexibility index (Phi) is 5.37. The van der Waals surface area contributed by atoms with E-state index in [2.05, 4.69) is 47.4 Å². The van der Waals surface area contributed by atoms with Gasteiger partial charge in [0.15, 0.2) is 0 Å². The van der Waals surface area contributed by atoms with Crippen molar-refractivity contribution in [1.29, 1.82) is 0 Å². The highest BCUT2D eigenvalue weighted by Crippen LogP contribution is 2.32. The summed E-state index contributed by atoms with van der Waals surface area (Å²) in [6.07, 6.45) is 4.09. The molecule has 1 aliphatic carbocycles. The number of hydrogen-bond donors (Lipinski definition) is 1. The van der Waals surface area contributed by atoms with Crippen molar-refractivity contribution in [3.63, 3.8) is 0 Å². The fourth-order valence-electron chi connectivity index (χ4n) is 4.72. The van der Waals surface area contributed by atoms with Crippen LogP contribution in [0.4, 0.5) is 4.39 Å². The van der Waals surface area contributed by atoms with E-state index < -0.39 is 0 Å². The highest BCUT2D eigenvalue weighted by Gasteiger charge is 2.33. The first-order chi connectivity index (χ1) is 12.7. The Balaban J connectivity index is 1.43. The summed E-state index contributed by atoms with van der Waals surface area (Å²) in [5.74, 6) is 0.636. The Morgan fingerprint density at radius 2 is 1.73 bits per heavy atom. The third-order valence-electron chi connectivity index (χ3n) is 6.23. The molecule has 1 heterocycles. The lowest BCUT2D eigenvalue weighted by molar-refractivity contribution is 0.0294. The van der Waals surface area contributed by atoms with E-state index >= 15 is 0 Å². The second kappa shape index (κ2) is 7.89. The number of nitrogens with zero attached hydrogens (tertiary/aromatic N) is 1. The molecular formula is C23H28FNO. The average molecular weight is 352 g/mol. The van der Waals surface area contributed by atoms with E-state index in [0.717, 1.165) is 37.9 Å². The Bertz CT molecular complexity index is 724. The van der Waals surface area contributed by atoms with E-state index in [0.29, 0.717) is 18.8 Å². The van der Waals surface area contributed by atoms with E-state index in [9.17, 15) is 9.50 Å². The van der Waals surface area contributed by atoms with E-state index in [1.165, 1.54) is 16.7 Å². The average Bonchev–Trinajstić information content (AvgIpc) is 2.69. The van der Waals surface area contributed by atoms with Gasteiger partial charge in [-0.25, -0.2) is 0 Å². The lowest BCUT2D eigenvalue weighted by Gasteiger charge is -2.42. The number of rotatable bonds is 4. The summed E-state index contributed by atoms with van der Waals surface area (Å²) in [7, 11) is 0. The third-order valence-corrected chi connectivity index (χ3v) is 6.23. The van der Waals surface area contributed by atoms with Crippen LogP contribution in [0, 0.1) is 0 Å². The molecule has 138 valence electrons. The topological polar surface area (TPSA) is 23.5 Å². The highest BCUT2D eigenvalue weighted by atomic mass is 18.2. The molecule has 0 aromatic heterocycles. The maximum absolute atomic E-state index is 12.7. The molecule has 0 bridgehead atoms. The molecular weight excluding hydrogens is 324 g/mol. The van der Waals surface area contributed by atoms with Crippen LogP contribution in [-0.4, -0.2) is 41.9 Å². The molecule has 3 heteroatoms. The zero-order valence-electron chi connectivity index (χ0n) is 15.3. The predicted octanol–water partition coefficient (Wildman–Crippen LogP) is 3.91. The van der Waals surface area contributed by atoms with Crippen molar-refractivity contribution in [2.75, 3.05) is 19.8 Å². The van der Waals surface area contributed by atoms with Crippen LogP contribution in [0.25, 0.3) is 0 Å². The van der Waals surface area contributed by atoms with Crippen molar-refractivity contribution < 1.29 is 9.50 Å². The third kappa shape index (κ3) is 3.70. The molecule has 1 N–H and O–H groups in total. The Morgan fingerprint density at radius 1 is 0.962 bits per heavy atom. The lowest BCUT2D eigenvalue weighted by Crippen LogP contribution is -2.50. The molecule has 2 aliphatic rings. The number of benzene rings is 2. The Labute approximate surface area is 155 Å².